The Labute approximate surface area is 326 Å². The quantitative estimate of drug-likeness (QED) is 0.126. The summed E-state index contributed by atoms with van der Waals surface area (Å²) in [6, 6.07) is 18.4. The van der Waals surface area contributed by atoms with Gasteiger partial charge in [0.2, 0.25) is 0 Å². The van der Waals surface area contributed by atoms with Crippen molar-refractivity contribution in [3.05, 3.63) is 90.0 Å². The fourth-order valence-corrected chi connectivity index (χ4v) is 7.10. The largest absolute Gasteiger partial charge is 0.381 e. The second kappa shape index (κ2) is 25.4. The zero-order chi connectivity index (χ0) is 40.9. The average Bonchev–Trinajstić information content (AvgIpc) is 3.71. The van der Waals surface area contributed by atoms with Gasteiger partial charge in [0.05, 0.1) is 12.1 Å². The third-order valence-electron chi connectivity index (χ3n) is 9.60. The van der Waals surface area contributed by atoms with Crippen molar-refractivity contribution in [3.8, 4) is 11.1 Å². The second-order valence-corrected chi connectivity index (χ2v) is 14.4. The Bertz CT molecular complexity index is 1670. The number of aldehydes is 1. The lowest BCUT2D eigenvalue weighted by molar-refractivity contribution is -0.107. The molecule has 2 heterocycles. The number of carbonyl (C=O) groups excluding carboxylic acids is 1. The van der Waals surface area contributed by atoms with Gasteiger partial charge in [0, 0.05) is 45.7 Å². The molecule has 53 heavy (non-hydrogen) atoms. The lowest BCUT2D eigenvalue weighted by atomic mass is 9.85. The Kier molecular flexibility index (Phi) is 23.7. The number of rotatable bonds is 10. The molecule has 5 rings (SSSR count). The highest BCUT2D eigenvalue weighted by Crippen LogP contribution is 2.48. The molecule has 3 unspecified atom stereocenters. The molecule has 3 atom stereocenters. The number of carbonyl (C=O) groups is 1. The van der Waals surface area contributed by atoms with Crippen LogP contribution in [0.2, 0.25) is 0 Å². The highest BCUT2D eigenvalue weighted by molar-refractivity contribution is 6.16. The molecular formula is C49H79N3O. The van der Waals surface area contributed by atoms with E-state index in [4.69, 9.17) is 0 Å². The van der Waals surface area contributed by atoms with Crippen LogP contribution in [-0.2, 0) is 11.3 Å². The molecule has 0 spiro atoms. The third-order valence-corrected chi connectivity index (χ3v) is 9.60. The highest BCUT2D eigenvalue weighted by Gasteiger charge is 2.30. The Morgan fingerprint density at radius 3 is 1.98 bits per heavy atom. The monoisotopic (exact) mass is 726 g/mol. The predicted octanol–water partition coefficient (Wildman–Crippen LogP) is 14.4. The van der Waals surface area contributed by atoms with Gasteiger partial charge < -0.3 is 20.0 Å². The van der Waals surface area contributed by atoms with Crippen LogP contribution in [0.25, 0.3) is 38.6 Å². The molecule has 0 radical (unpaired) electrons. The summed E-state index contributed by atoms with van der Waals surface area (Å²) in [7, 11) is 0. The number of aromatic nitrogens is 1. The van der Waals surface area contributed by atoms with Gasteiger partial charge in [-0.2, -0.15) is 0 Å². The van der Waals surface area contributed by atoms with Gasteiger partial charge in [-0.25, -0.2) is 0 Å². The minimum atomic E-state index is 0.0703. The lowest BCUT2D eigenvalue weighted by Crippen LogP contribution is -2.36. The van der Waals surface area contributed by atoms with Gasteiger partial charge in [0.15, 0.2) is 0 Å². The molecule has 2 N–H and O–H groups in total. The number of hydrogen-bond acceptors (Lipinski definition) is 3. The van der Waals surface area contributed by atoms with Crippen LogP contribution in [0.5, 0.6) is 0 Å². The van der Waals surface area contributed by atoms with Gasteiger partial charge in [0.25, 0.3) is 0 Å². The van der Waals surface area contributed by atoms with Crippen LogP contribution in [-0.4, -0.2) is 22.9 Å². The van der Waals surface area contributed by atoms with E-state index in [1.807, 2.05) is 69.2 Å². The fraction of sp³-hybridized carbons (Fsp3) is 0.531. The summed E-state index contributed by atoms with van der Waals surface area (Å²) in [5.74, 6) is 1.43. The van der Waals surface area contributed by atoms with Gasteiger partial charge in [-0.1, -0.05) is 137 Å². The van der Waals surface area contributed by atoms with Gasteiger partial charge in [-0.15, -0.1) is 6.58 Å². The first-order valence-corrected chi connectivity index (χ1v) is 20.7. The molecule has 4 aromatic rings. The van der Waals surface area contributed by atoms with E-state index in [9.17, 15) is 4.79 Å². The summed E-state index contributed by atoms with van der Waals surface area (Å²) in [4.78, 5) is 9.79. The number of benzene rings is 3. The summed E-state index contributed by atoms with van der Waals surface area (Å²) in [6.45, 7) is 43.3. The normalized spacial score (nSPS) is 13.0. The summed E-state index contributed by atoms with van der Waals surface area (Å²) in [5.41, 5.74) is 12.1. The van der Waals surface area contributed by atoms with Crippen molar-refractivity contribution in [2.24, 2.45) is 11.8 Å². The van der Waals surface area contributed by atoms with Gasteiger partial charge in [-0.05, 0) is 100 Å². The maximum Gasteiger partial charge on any atom is 0.133 e. The molecule has 1 aliphatic heterocycles. The van der Waals surface area contributed by atoms with E-state index in [0.717, 1.165) is 30.9 Å². The van der Waals surface area contributed by atoms with E-state index < -0.39 is 0 Å². The molecule has 1 aromatic heterocycles. The van der Waals surface area contributed by atoms with E-state index >= 15 is 0 Å². The summed E-state index contributed by atoms with van der Waals surface area (Å²) in [5, 5.41) is 9.36. The van der Waals surface area contributed by atoms with Crippen LogP contribution in [0.3, 0.4) is 0 Å². The minimum absolute atomic E-state index is 0.0703. The highest BCUT2D eigenvalue weighted by atomic mass is 16.1. The zero-order valence-electron chi connectivity index (χ0n) is 37.0. The number of aryl methyl sites for hydroxylation is 2. The Morgan fingerprint density at radius 2 is 1.47 bits per heavy atom. The maximum atomic E-state index is 9.79. The maximum absolute atomic E-state index is 9.79. The molecule has 0 fully saturated rings. The number of nitrogens with one attached hydrogen (secondary N) is 2. The van der Waals surface area contributed by atoms with Gasteiger partial charge >= 0.3 is 0 Å². The number of hydrogen-bond donors (Lipinski definition) is 2. The Morgan fingerprint density at radius 1 is 0.906 bits per heavy atom. The van der Waals surface area contributed by atoms with Gasteiger partial charge in [0.1, 0.15) is 6.29 Å². The van der Waals surface area contributed by atoms with Crippen molar-refractivity contribution < 1.29 is 4.79 Å². The summed E-state index contributed by atoms with van der Waals surface area (Å²) in [6.07, 6.45) is 7.52. The molecule has 3 aromatic carbocycles. The van der Waals surface area contributed by atoms with Crippen molar-refractivity contribution in [2.75, 3.05) is 6.54 Å². The molecule has 4 heteroatoms. The summed E-state index contributed by atoms with van der Waals surface area (Å²) >= 11 is 0. The first-order chi connectivity index (χ1) is 25.4. The minimum Gasteiger partial charge on any atom is -0.381 e. The smallest absolute Gasteiger partial charge is 0.133 e. The average molecular weight is 726 g/mol. The molecule has 1 aliphatic rings. The van der Waals surface area contributed by atoms with Crippen molar-refractivity contribution in [3.63, 3.8) is 0 Å². The lowest BCUT2D eigenvalue weighted by Gasteiger charge is -2.28. The number of allylic oxidation sites excluding steroid dienone is 1. The molecule has 4 nitrogen and oxygen atoms in total. The van der Waals surface area contributed by atoms with Crippen LogP contribution >= 0.6 is 0 Å². The van der Waals surface area contributed by atoms with Crippen molar-refractivity contribution in [2.45, 2.75) is 155 Å². The molecular weight excluding hydrogens is 647 g/mol. The Hall–Kier alpha value is -3.63. The first kappa shape index (κ1) is 49.4. The van der Waals surface area contributed by atoms with Crippen molar-refractivity contribution in [1.29, 1.82) is 0 Å². The molecule has 0 aliphatic carbocycles. The van der Waals surface area contributed by atoms with E-state index in [0.29, 0.717) is 18.5 Å². The molecule has 296 valence electrons. The first-order valence-electron chi connectivity index (χ1n) is 20.7. The summed E-state index contributed by atoms with van der Waals surface area (Å²) < 4.78 is 2.71. The number of para-hydroxylation sites is 1. The topological polar surface area (TPSA) is 46.1 Å². The predicted molar refractivity (Wildman–Crippen MR) is 241 cm³/mol. The van der Waals surface area contributed by atoms with Crippen LogP contribution in [0.1, 0.15) is 151 Å². The van der Waals surface area contributed by atoms with Crippen LogP contribution < -0.4 is 10.6 Å². The number of nitrogens with zero attached hydrogens (tertiary/aromatic N) is 1. The van der Waals surface area contributed by atoms with Crippen molar-refractivity contribution >= 4 is 33.8 Å². The van der Waals surface area contributed by atoms with E-state index in [-0.39, 0.29) is 5.54 Å². The second-order valence-electron chi connectivity index (χ2n) is 14.4. The molecule has 0 amide bonds. The Balaban J connectivity index is 0.00000136. The van der Waals surface area contributed by atoms with Crippen molar-refractivity contribution in [1.82, 2.24) is 15.2 Å². The van der Waals surface area contributed by atoms with Crippen LogP contribution in [0, 0.1) is 25.7 Å². The van der Waals surface area contributed by atoms with E-state index in [1.54, 1.807) is 6.08 Å². The molecule has 0 bridgehead atoms. The van der Waals surface area contributed by atoms with Crippen LogP contribution in [0.15, 0.2) is 67.8 Å². The van der Waals surface area contributed by atoms with Crippen LogP contribution in [0.4, 0.5) is 0 Å². The molecule has 0 saturated carbocycles. The standard InChI is InChI=1S/C34H42N2.C6H13NO.C3H6.3C2H6/c1-8-14-21(3)23(5)19-26(9-2)36-30-18-13-12-17-28(30)33-32-25(7)35-20-29(32)31(24(6)34(33)36)27-16-11-10-15-22(27)4;1-6(2,3)7-4-5-8;1-3-2;3*1-2/h10-13,15-18,21,23,26,35H,7-9,14,19-20H2,1-6H3;5,7H,4H2,1-3H3;3H,1H2,2H3;3*1-2H3. The van der Waals surface area contributed by atoms with E-state index in [2.05, 4.69) is 118 Å². The number of fused-ring (bicyclic) bond motifs is 5. The van der Waals surface area contributed by atoms with Gasteiger partial charge in [-0.3, -0.25) is 0 Å². The zero-order valence-corrected chi connectivity index (χ0v) is 37.0. The SMILES string of the molecule is C=C1NCc2c(-c3ccccc3C)c(C)c3c(c21)c1ccccc1n3C(CC)CC(C)C(C)CCC.C=CC.CC.CC.CC.CC(C)(C)NCC=O. The fourth-order valence-electron chi connectivity index (χ4n) is 7.10. The van der Waals surface area contributed by atoms with E-state index in [1.165, 1.54) is 74.4 Å². The third kappa shape index (κ3) is 13.0. The molecule has 0 saturated heterocycles.